The lowest BCUT2D eigenvalue weighted by atomic mass is 9.56. The highest BCUT2D eigenvalue weighted by molar-refractivity contribution is 5.80. The molecule has 4 unspecified atom stereocenters. The molecule has 5 rings (SSSR count). The maximum Gasteiger partial charge on any atom is 0.189 e. The van der Waals surface area contributed by atoms with Crippen molar-refractivity contribution in [3.05, 3.63) is 75.1 Å². The van der Waals surface area contributed by atoms with Crippen molar-refractivity contribution in [3.8, 4) is 0 Å². The number of hydrogen-bond acceptors (Lipinski definition) is 2. The quantitative estimate of drug-likeness (QED) is 0.543. The second-order valence-electron chi connectivity index (χ2n) is 8.79. The van der Waals surface area contributed by atoms with Gasteiger partial charge in [0.1, 0.15) is 5.76 Å². The summed E-state index contributed by atoms with van der Waals surface area (Å²) < 4.78 is 8.06. The van der Waals surface area contributed by atoms with Crippen molar-refractivity contribution in [2.45, 2.75) is 59.4 Å². The Kier molecular flexibility index (Phi) is 5.51. The number of ether oxygens (including phenoxy) is 1. The van der Waals surface area contributed by atoms with Gasteiger partial charge in [-0.15, -0.1) is 5.73 Å². The Balaban J connectivity index is 0.00000106. The summed E-state index contributed by atoms with van der Waals surface area (Å²) in [5.74, 6) is 2.93. The van der Waals surface area contributed by atoms with E-state index in [0.29, 0.717) is 12.0 Å². The van der Waals surface area contributed by atoms with Gasteiger partial charge < -0.3 is 9.30 Å². The van der Waals surface area contributed by atoms with Crippen molar-refractivity contribution in [1.82, 2.24) is 4.57 Å². The van der Waals surface area contributed by atoms with Gasteiger partial charge in [-0.05, 0) is 74.7 Å². The summed E-state index contributed by atoms with van der Waals surface area (Å²) in [7, 11) is 1.73. The number of nitrogens with zero attached hydrogens (tertiary/aromatic N) is 1. The molecule has 1 aromatic rings. The van der Waals surface area contributed by atoms with Crippen LogP contribution in [0, 0.1) is 17.8 Å². The first-order chi connectivity index (χ1) is 14.5. The Hall–Kier alpha value is -2.51. The minimum Gasteiger partial charge on any atom is -0.496 e. The Bertz CT molecular complexity index is 1070. The summed E-state index contributed by atoms with van der Waals surface area (Å²) in [6, 6.07) is 2.21. The van der Waals surface area contributed by atoms with Gasteiger partial charge in [-0.3, -0.25) is 4.79 Å². The predicted octanol–water partition coefficient (Wildman–Crippen LogP) is 6.30. The minimum atomic E-state index is 0.0515. The summed E-state index contributed by atoms with van der Waals surface area (Å²) in [5, 5.41) is 0. The normalized spacial score (nSPS) is 28.2. The number of aromatic nitrogens is 1. The van der Waals surface area contributed by atoms with Crippen molar-refractivity contribution in [2.24, 2.45) is 17.8 Å². The molecule has 0 N–H and O–H groups in total. The molecule has 3 heteroatoms. The number of methoxy groups -OCH3 is 1. The molecular weight excluding hydrogens is 370 g/mol. The van der Waals surface area contributed by atoms with E-state index in [0.717, 1.165) is 45.6 Å². The highest BCUT2D eigenvalue weighted by Crippen LogP contribution is 2.58. The average molecular weight is 404 g/mol. The third-order valence-corrected chi connectivity index (χ3v) is 7.34. The zero-order valence-electron chi connectivity index (χ0n) is 18.9. The van der Waals surface area contributed by atoms with Gasteiger partial charge in [0, 0.05) is 40.9 Å². The monoisotopic (exact) mass is 403 g/mol. The fraction of sp³-hybridized carbons (Fsp3) is 0.481. The fourth-order valence-electron chi connectivity index (χ4n) is 5.76. The number of hydrogen-bond donors (Lipinski definition) is 0. The van der Waals surface area contributed by atoms with Crippen LogP contribution >= 0.6 is 0 Å². The largest absolute Gasteiger partial charge is 0.496 e. The second-order valence-corrected chi connectivity index (χ2v) is 8.79. The summed E-state index contributed by atoms with van der Waals surface area (Å²) in [4.78, 5) is 12.8. The molecule has 1 aromatic heterocycles. The maximum atomic E-state index is 12.8. The summed E-state index contributed by atoms with van der Waals surface area (Å²) in [6.07, 6.45) is 11.5. The van der Waals surface area contributed by atoms with E-state index in [-0.39, 0.29) is 5.43 Å². The van der Waals surface area contributed by atoms with Crippen LogP contribution in [0.5, 0.6) is 0 Å². The standard InChI is InChI=1S/C25H27NO2.C2H6/c1-14(2)20-13-26-21-10-7-16-6-9-17(16)25(21)19-11-24(28-4)15(3)5-8-18(19)22(26)12-23(20)27;1-2/h8,11-13,16-17,21,25H,1,6-7,9-10H2,2-4H3;1-2H3. The van der Waals surface area contributed by atoms with Crippen LogP contribution in [0.2, 0.25) is 0 Å². The van der Waals surface area contributed by atoms with Crippen LogP contribution in [0.1, 0.15) is 70.7 Å². The van der Waals surface area contributed by atoms with Crippen molar-refractivity contribution in [2.75, 3.05) is 7.11 Å². The van der Waals surface area contributed by atoms with Crippen molar-refractivity contribution in [1.29, 1.82) is 0 Å². The lowest BCUT2D eigenvalue weighted by Crippen LogP contribution is -2.45. The number of allylic oxidation sites excluding steroid dienone is 5. The second kappa shape index (κ2) is 7.96. The van der Waals surface area contributed by atoms with Crippen molar-refractivity contribution in [3.63, 3.8) is 0 Å². The molecule has 2 fully saturated rings. The maximum absolute atomic E-state index is 12.8. The van der Waals surface area contributed by atoms with E-state index in [4.69, 9.17) is 4.74 Å². The van der Waals surface area contributed by atoms with Gasteiger partial charge in [0.15, 0.2) is 5.43 Å². The van der Waals surface area contributed by atoms with E-state index in [9.17, 15) is 4.79 Å². The molecule has 0 amide bonds. The first-order valence-corrected chi connectivity index (χ1v) is 11.4. The number of fused-ring (bicyclic) bond motifs is 7. The van der Waals surface area contributed by atoms with Crippen molar-refractivity contribution < 1.29 is 4.74 Å². The Morgan fingerprint density at radius 2 is 1.97 bits per heavy atom. The van der Waals surface area contributed by atoms with Gasteiger partial charge in [0.25, 0.3) is 0 Å². The highest BCUT2D eigenvalue weighted by atomic mass is 16.5. The number of rotatable bonds is 2. The molecule has 4 aliphatic rings. The zero-order valence-corrected chi connectivity index (χ0v) is 18.9. The fourth-order valence-corrected chi connectivity index (χ4v) is 5.76. The van der Waals surface area contributed by atoms with Crippen molar-refractivity contribution >= 4 is 11.1 Å². The van der Waals surface area contributed by atoms with Gasteiger partial charge in [0.2, 0.25) is 0 Å². The van der Waals surface area contributed by atoms with Crippen LogP contribution in [0.3, 0.4) is 0 Å². The first-order valence-electron chi connectivity index (χ1n) is 11.4. The molecule has 0 aromatic carbocycles. The van der Waals surface area contributed by atoms with Gasteiger partial charge in [-0.1, -0.05) is 20.4 Å². The SMILES string of the molecule is C=C(C)c1cn2c(cc1=O)C1=C(C=C(OC)C(C)=C=C1)C1C3CCC3CCC12.CC. The van der Waals surface area contributed by atoms with E-state index < -0.39 is 0 Å². The van der Waals surface area contributed by atoms with E-state index in [1.54, 1.807) is 7.11 Å². The molecule has 0 radical (unpaired) electrons. The van der Waals surface area contributed by atoms with E-state index in [2.05, 4.69) is 35.2 Å². The number of pyridine rings is 1. The van der Waals surface area contributed by atoms with E-state index in [1.165, 1.54) is 31.3 Å². The molecule has 3 aliphatic carbocycles. The molecular formula is C27H33NO2. The molecule has 30 heavy (non-hydrogen) atoms. The van der Waals surface area contributed by atoms with Gasteiger partial charge >= 0.3 is 0 Å². The first kappa shape index (κ1) is 20.8. The van der Waals surface area contributed by atoms with Crippen LogP contribution < -0.4 is 5.43 Å². The molecule has 0 bridgehead atoms. The summed E-state index contributed by atoms with van der Waals surface area (Å²) in [6.45, 7) is 12.0. The van der Waals surface area contributed by atoms with Gasteiger partial charge in [-0.2, -0.15) is 0 Å². The van der Waals surface area contributed by atoms with Gasteiger partial charge in [0.05, 0.1) is 12.8 Å². The van der Waals surface area contributed by atoms with Crippen LogP contribution in [-0.2, 0) is 4.74 Å². The molecule has 2 heterocycles. The lowest BCUT2D eigenvalue weighted by molar-refractivity contribution is 0.0333. The van der Waals surface area contributed by atoms with Crippen LogP contribution in [0.15, 0.2) is 58.4 Å². The zero-order chi connectivity index (χ0) is 21.6. The Morgan fingerprint density at radius 1 is 1.23 bits per heavy atom. The smallest absolute Gasteiger partial charge is 0.189 e. The third kappa shape index (κ3) is 3.08. The topological polar surface area (TPSA) is 31.2 Å². The van der Waals surface area contributed by atoms with Crippen LogP contribution in [-0.4, -0.2) is 11.7 Å². The molecule has 2 saturated carbocycles. The minimum absolute atomic E-state index is 0.0515. The molecule has 4 atom stereocenters. The molecule has 0 saturated heterocycles. The molecule has 158 valence electrons. The highest BCUT2D eigenvalue weighted by Gasteiger charge is 2.48. The Morgan fingerprint density at radius 3 is 2.60 bits per heavy atom. The molecule has 1 aliphatic heterocycles. The third-order valence-electron chi connectivity index (χ3n) is 7.34. The summed E-state index contributed by atoms with van der Waals surface area (Å²) >= 11 is 0. The van der Waals surface area contributed by atoms with Crippen LogP contribution in [0.25, 0.3) is 11.1 Å². The van der Waals surface area contributed by atoms with E-state index in [1.807, 2.05) is 33.8 Å². The van der Waals surface area contributed by atoms with Crippen LogP contribution in [0.4, 0.5) is 0 Å². The Labute approximate surface area is 180 Å². The predicted molar refractivity (Wildman–Crippen MR) is 124 cm³/mol. The molecule has 0 spiro atoms. The van der Waals surface area contributed by atoms with Gasteiger partial charge in [-0.25, -0.2) is 0 Å². The summed E-state index contributed by atoms with van der Waals surface area (Å²) in [5.41, 5.74) is 9.49. The average Bonchev–Trinajstić information content (AvgIpc) is 2.88. The lowest BCUT2D eigenvalue weighted by Gasteiger charge is -2.53. The van der Waals surface area contributed by atoms with E-state index >= 15 is 0 Å². The molecule has 3 nitrogen and oxygen atoms in total.